The van der Waals surface area contributed by atoms with E-state index in [4.69, 9.17) is 5.73 Å². The highest BCUT2D eigenvalue weighted by molar-refractivity contribution is 7.15. The fourth-order valence-electron chi connectivity index (χ4n) is 5.43. The first kappa shape index (κ1) is 21.4. The number of primary amides is 1. The number of thiophene rings is 1. The molecule has 33 heavy (non-hydrogen) atoms. The summed E-state index contributed by atoms with van der Waals surface area (Å²) in [6.07, 6.45) is 0.156. The molecule has 0 bridgehead atoms. The third kappa shape index (κ3) is 2.82. The Hall–Kier alpha value is -3.43. The summed E-state index contributed by atoms with van der Waals surface area (Å²) in [5, 5.41) is 43.1. The van der Waals surface area contributed by atoms with Crippen molar-refractivity contribution in [2.45, 2.75) is 31.8 Å². The van der Waals surface area contributed by atoms with E-state index in [-0.39, 0.29) is 36.1 Å². The second-order valence-electron chi connectivity index (χ2n) is 8.81. The Kier molecular flexibility index (Phi) is 4.56. The van der Waals surface area contributed by atoms with E-state index in [9.17, 15) is 34.8 Å². The Bertz CT molecular complexity index is 1330. The molecule has 3 aliphatic rings. The van der Waals surface area contributed by atoms with Crippen LogP contribution >= 0.6 is 11.3 Å². The zero-order valence-corrected chi connectivity index (χ0v) is 18.4. The highest BCUT2D eigenvalue weighted by Gasteiger charge is 2.59. The number of aliphatic hydroxyl groups is 3. The lowest BCUT2D eigenvalue weighted by atomic mass is 9.60. The number of hydrogen-bond acceptors (Lipinski definition) is 8. The Labute approximate surface area is 192 Å². The SMILES string of the molecule is Cc1ccc(-c2ccc(O)c3c2C[C@H]2C[C@H]4CC(O)=C(C(N)=O)C(=O)[C@@]4(O)C(O)=C2C3=O)s1. The number of fused-ring (bicyclic) bond motifs is 3. The van der Waals surface area contributed by atoms with Crippen LogP contribution in [0.4, 0.5) is 0 Å². The molecule has 0 aliphatic heterocycles. The van der Waals surface area contributed by atoms with Gasteiger partial charge in [-0.2, -0.15) is 0 Å². The fourth-order valence-corrected chi connectivity index (χ4v) is 6.35. The average Bonchev–Trinajstić information content (AvgIpc) is 3.16. The lowest BCUT2D eigenvalue weighted by Gasteiger charge is -2.45. The van der Waals surface area contributed by atoms with Gasteiger partial charge >= 0.3 is 0 Å². The van der Waals surface area contributed by atoms with E-state index in [1.807, 2.05) is 19.1 Å². The Morgan fingerprint density at radius 3 is 2.48 bits per heavy atom. The molecule has 6 N–H and O–H groups in total. The van der Waals surface area contributed by atoms with Gasteiger partial charge in [-0.15, -0.1) is 11.3 Å². The van der Waals surface area contributed by atoms with E-state index in [0.29, 0.717) is 5.56 Å². The van der Waals surface area contributed by atoms with Crippen LogP contribution in [0.1, 0.15) is 33.6 Å². The molecule has 1 aromatic heterocycles. The Balaban J connectivity index is 1.69. The number of nitrogens with two attached hydrogens (primary N) is 1. The van der Waals surface area contributed by atoms with Crippen LogP contribution in [0.5, 0.6) is 5.75 Å². The zero-order chi connectivity index (χ0) is 23.8. The molecule has 1 heterocycles. The van der Waals surface area contributed by atoms with E-state index in [0.717, 1.165) is 15.3 Å². The number of phenolic OH excluding ortho intramolecular Hbond substituents is 1. The predicted molar refractivity (Wildman–Crippen MR) is 119 cm³/mol. The lowest BCUT2D eigenvalue weighted by molar-refractivity contribution is -0.144. The Morgan fingerprint density at radius 1 is 1.12 bits per heavy atom. The van der Waals surface area contributed by atoms with Crippen molar-refractivity contribution in [1.29, 1.82) is 0 Å². The van der Waals surface area contributed by atoms with Crippen LogP contribution in [0.3, 0.4) is 0 Å². The van der Waals surface area contributed by atoms with Gasteiger partial charge in [-0.1, -0.05) is 0 Å². The van der Waals surface area contributed by atoms with E-state index >= 15 is 0 Å². The van der Waals surface area contributed by atoms with Gasteiger partial charge in [-0.25, -0.2) is 0 Å². The minimum Gasteiger partial charge on any atom is -0.511 e. The van der Waals surface area contributed by atoms with Crippen molar-refractivity contribution in [2.75, 3.05) is 0 Å². The van der Waals surface area contributed by atoms with Crippen LogP contribution in [0.25, 0.3) is 10.4 Å². The van der Waals surface area contributed by atoms with Crippen LogP contribution in [0.2, 0.25) is 0 Å². The lowest BCUT2D eigenvalue weighted by Crippen LogP contribution is -2.57. The van der Waals surface area contributed by atoms with E-state index in [1.54, 1.807) is 17.4 Å². The van der Waals surface area contributed by atoms with Gasteiger partial charge in [0.15, 0.2) is 11.4 Å². The summed E-state index contributed by atoms with van der Waals surface area (Å²) < 4.78 is 0. The molecule has 1 amide bonds. The third-order valence-electron chi connectivity index (χ3n) is 6.95. The summed E-state index contributed by atoms with van der Waals surface area (Å²) in [5.41, 5.74) is 3.18. The average molecular weight is 467 g/mol. The summed E-state index contributed by atoms with van der Waals surface area (Å²) in [5.74, 6) is -6.25. The van der Waals surface area contributed by atoms with Gasteiger partial charge in [-0.05, 0) is 61.1 Å². The number of carbonyl (C=O) groups is 3. The van der Waals surface area contributed by atoms with E-state index in [1.165, 1.54) is 6.07 Å². The molecule has 3 aliphatic carbocycles. The summed E-state index contributed by atoms with van der Waals surface area (Å²) in [7, 11) is 0. The monoisotopic (exact) mass is 467 g/mol. The molecular formula is C24H21NO7S. The smallest absolute Gasteiger partial charge is 0.255 e. The van der Waals surface area contributed by atoms with Gasteiger partial charge in [0.05, 0.1) is 5.56 Å². The molecule has 0 fully saturated rings. The second kappa shape index (κ2) is 7.03. The highest BCUT2D eigenvalue weighted by Crippen LogP contribution is 2.52. The third-order valence-corrected chi connectivity index (χ3v) is 7.99. The van der Waals surface area contributed by atoms with Crippen LogP contribution in [-0.4, -0.2) is 43.5 Å². The number of amides is 1. The first-order valence-corrected chi connectivity index (χ1v) is 11.3. The number of allylic oxidation sites excluding steroid dienone is 2. The van der Waals surface area contributed by atoms with Crippen molar-refractivity contribution in [1.82, 2.24) is 0 Å². The first-order valence-electron chi connectivity index (χ1n) is 10.4. The van der Waals surface area contributed by atoms with Crippen LogP contribution in [0, 0.1) is 18.8 Å². The number of rotatable bonds is 2. The number of aryl methyl sites for hydroxylation is 1. The number of aliphatic hydroxyl groups excluding tert-OH is 2. The standard InChI is InChI=1S/C24H21NO7S/c1-9-2-5-16(33-9)12-3-4-14(26)18-13(12)7-10-6-11-8-15(27)19(23(25)31)22(30)24(11,32)21(29)17(10)20(18)28/h2-5,10-11,26-27,29,32H,6-8H2,1H3,(H2,25,31)/t10-,11+,24+/m1/s1. The van der Waals surface area contributed by atoms with Crippen molar-refractivity contribution in [2.24, 2.45) is 17.6 Å². The molecule has 0 unspecified atom stereocenters. The van der Waals surface area contributed by atoms with Gasteiger partial charge in [0.25, 0.3) is 5.91 Å². The minimum absolute atomic E-state index is 0.0233. The molecule has 5 rings (SSSR count). The maximum Gasteiger partial charge on any atom is 0.255 e. The Morgan fingerprint density at radius 2 is 1.85 bits per heavy atom. The summed E-state index contributed by atoms with van der Waals surface area (Å²) in [4.78, 5) is 40.2. The van der Waals surface area contributed by atoms with Gasteiger partial charge in [0.2, 0.25) is 5.78 Å². The molecule has 0 saturated carbocycles. The number of carbonyl (C=O) groups excluding carboxylic acids is 3. The van der Waals surface area contributed by atoms with Gasteiger partial charge in [0, 0.05) is 27.7 Å². The van der Waals surface area contributed by atoms with Gasteiger partial charge in [0.1, 0.15) is 22.8 Å². The van der Waals surface area contributed by atoms with Crippen LogP contribution < -0.4 is 5.73 Å². The van der Waals surface area contributed by atoms with Crippen molar-refractivity contribution in [3.05, 3.63) is 62.9 Å². The van der Waals surface area contributed by atoms with Crippen molar-refractivity contribution < 1.29 is 34.8 Å². The van der Waals surface area contributed by atoms with Crippen molar-refractivity contribution in [3.63, 3.8) is 0 Å². The zero-order valence-electron chi connectivity index (χ0n) is 17.6. The molecule has 9 heteroatoms. The fraction of sp³-hybridized carbons (Fsp3) is 0.292. The molecule has 2 aromatic rings. The molecule has 1 aromatic carbocycles. The molecular weight excluding hydrogens is 446 g/mol. The number of phenols is 1. The van der Waals surface area contributed by atoms with Crippen molar-refractivity contribution >= 4 is 28.8 Å². The maximum atomic E-state index is 13.5. The maximum absolute atomic E-state index is 13.5. The van der Waals surface area contributed by atoms with E-state index in [2.05, 4.69) is 0 Å². The van der Waals surface area contributed by atoms with Gasteiger partial charge < -0.3 is 26.2 Å². The van der Waals surface area contributed by atoms with Crippen molar-refractivity contribution in [3.8, 4) is 16.2 Å². The van der Waals surface area contributed by atoms with Gasteiger partial charge in [-0.3, -0.25) is 14.4 Å². The number of aromatic hydroxyl groups is 1. The quantitative estimate of drug-likeness (QED) is 0.425. The summed E-state index contributed by atoms with van der Waals surface area (Å²) in [6.45, 7) is 1.97. The first-order chi connectivity index (χ1) is 15.6. The second-order valence-corrected chi connectivity index (χ2v) is 10.1. The number of hydrogen-bond donors (Lipinski definition) is 5. The molecule has 3 atom stereocenters. The highest BCUT2D eigenvalue weighted by atomic mass is 32.1. The minimum atomic E-state index is -2.55. The molecule has 170 valence electrons. The molecule has 8 nitrogen and oxygen atoms in total. The summed E-state index contributed by atoms with van der Waals surface area (Å²) >= 11 is 1.55. The van der Waals surface area contributed by atoms with Crippen LogP contribution in [0.15, 0.2) is 46.9 Å². The number of ketones is 2. The summed E-state index contributed by atoms with van der Waals surface area (Å²) in [6, 6.07) is 7.06. The molecule has 0 radical (unpaired) electrons. The molecule has 0 saturated heterocycles. The topological polar surface area (TPSA) is 158 Å². The molecule has 0 spiro atoms. The van der Waals surface area contributed by atoms with Crippen LogP contribution in [-0.2, 0) is 16.0 Å². The number of benzene rings is 1. The normalized spacial score (nSPS) is 26.7. The predicted octanol–water partition coefficient (Wildman–Crippen LogP) is 2.62. The largest absolute Gasteiger partial charge is 0.511 e. The number of Topliss-reactive ketones (excluding diaryl/α,β-unsaturated/α-hetero) is 2. The van der Waals surface area contributed by atoms with E-state index < -0.39 is 52.0 Å².